The second kappa shape index (κ2) is 5.06. The van der Waals surface area contributed by atoms with Crippen LogP contribution in [-0.2, 0) is 11.8 Å². The van der Waals surface area contributed by atoms with Gasteiger partial charge in [0.25, 0.3) is 5.56 Å². The first kappa shape index (κ1) is 14.2. The molecule has 1 aliphatic rings. The van der Waals surface area contributed by atoms with Gasteiger partial charge in [0.1, 0.15) is 5.75 Å². The number of hydrogen-bond acceptors (Lipinski definition) is 4. The highest BCUT2D eigenvalue weighted by molar-refractivity contribution is 7.10. The number of aromatic nitrogens is 1. The average Bonchev–Trinajstić information content (AvgIpc) is 2.97. The van der Waals surface area contributed by atoms with Crippen LogP contribution in [-0.4, -0.2) is 10.5 Å². The van der Waals surface area contributed by atoms with Crippen LogP contribution in [0.1, 0.15) is 28.3 Å². The van der Waals surface area contributed by atoms with Gasteiger partial charge in [-0.1, -0.05) is 12.1 Å². The molecule has 3 heterocycles. The number of nitrogens with zero attached hydrogens (tertiary/aromatic N) is 1. The quantitative estimate of drug-likeness (QED) is 0.645. The number of benzene rings is 1. The Kier molecular flexibility index (Phi) is 3.13. The molecule has 0 bridgehead atoms. The van der Waals surface area contributed by atoms with Crippen LogP contribution in [0.15, 0.2) is 40.5 Å². The first-order chi connectivity index (χ1) is 11.1. The lowest BCUT2D eigenvalue weighted by Crippen LogP contribution is -2.31. The molecule has 0 amide bonds. The molecule has 0 saturated carbocycles. The Morgan fingerprint density at radius 1 is 1.22 bits per heavy atom. The Balaban J connectivity index is 2.10. The van der Waals surface area contributed by atoms with Gasteiger partial charge >= 0.3 is 5.97 Å². The fraction of sp³-hybridized carbons (Fsp3) is 0.222. The molecule has 0 radical (unpaired) electrons. The number of esters is 1. The van der Waals surface area contributed by atoms with E-state index in [1.165, 1.54) is 0 Å². The van der Waals surface area contributed by atoms with Crippen LogP contribution in [0.5, 0.6) is 5.75 Å². The van der Waals surface area contributed by atoms with E-state index in [1.54, 1.807) is 23.0 Å². The predicted octanol–water partition coefficient (Wildman–Crippen LogP) is 3.35. The van der Waals surface area contributed by atoms with Crippen molar-refractivity contribution in [1.82, 2.24) is 4.57 Å². The molecular weight excluding hydrogens is 310 g/mol. The maximum Gasteiger partial charge on any atom is 0.312 e. The lowest BCUT2D eigenvalue weighted by Gasteiger charge is -2.25. The van der Waals surface area contributed by atoms with Crippen LogP contribution in [0, 0.1) is 6.92 Å². The van der Waals surface area contributed by atoms with E-state index >= 15 is 0 Å². The van der Waals surface area contributed by atoms with Gasteiger partial charge in [0.15, 0.2) is 0 Å². The van der Waals surface area contributed by atoms with Gasteiger partial charge in [0.05, 0.1) is 17.5 Å². The molecule has 0 fully saturated rings. The maximum absolute atomic E-state index is 12.9. The molecule has 0 spiro atoms. The molecule has 2 aromatic heterocycles. The van der Waals surface area contributed by atoms with E-state index in [1.807, 2.05) is 42.6 Å². The first-order valence-corrected chi connectivity index (χ1v) is 8.32. The molecule has 4 rings (SSSR count). The van der Waals surface area contributed by atoms with Crippen molar-refractivity contribution in [2.75, 3.05) is 0 Å². The summed E-state index contributed by atoms with van der Waals surface area (Å²) in [4.78, 5) is 26.1. The molecule has 5 heteroatoms. The smallest absolute Gasteiger partial charge is 0.312 e. The van der Waals surface area contributed by atoms with Crippen molar-refractivity contribution in [3.05, 3.63) is 62.1 Å². The number of pyridine rings is 1. The third-order valence-electron chi connectivity index (χ3n) is 4.44. The van der Waals surface area contributed by atoms with Crippen molar-refractivity contribution in [2.24, 2.45) is 7.05 Å². The number of rotatable bonds is 1. The molecule has 23 heavy (non-hydrogen) atoms. The zero-order valence-corrected chi connectivity index (χ0v) is 13.6. The van der Waals surface area contributed by atoms with Gasteiger partial charge in [-0.25, -0.2) is 0 Å². The first-order valence-electron chi connectivity index (χ1n) is 7.44. The SMILES string of the molecule is Cc1ccsc1[C@H]1CC(=O)Oc2c1c(=O)n(C)c1ccccc21. The van der Waals surface area contributed by atoms with Gasteiger partial charge in [-0.05, 0) is 36.1 Å². The summed E-state index contributed by atoms with van der Waals surface area (Å²) in [6, 6.07) is 9.54. The standard InChI is InChI=1S/C18H15NO3S/c1-10-7-8-23-17(10)12-9-14(20)22-16-11-5-3-4-6-13(11)19(2)18(21)15(12)16/h3-8,12H,9H2,1-2H3/t12-/m0/s1. The average molecular weight is 325 g/mol. The summed E-state index contributed by atoms with van der Waals surface area (Å²) >= 11 is 1.59. The van der Waals surface area contributed by atoms with Crippen LogP contribution in [0.4, 0.5) is 0 Å². The normalized spacial score (nSPS) is 17.1. The maximum atomic E-state index is 12.9. The molecule has 0 aliphatic carbocycles. The molecule has 1 atom stereocenters. The molecule has 0 saturated heterocycles. The van der Waals surface area contributed by atoms with E-state index in [0.717, 1.165) is 21.3 Å². The molecule has 1 aromatic carbocycles. The predicted molar refractivity (Wildman–Crippen MR) is 90.3 cm³/mol. The van der Waals surface area contributed by atoms with Crippen molar-refractivity contribution in [2.45, 2.75) is 19.3 Å². The third-order valence-corrected chi connectivity index (χ3v) is 5.58. The fourth-order valence-corrected chi connectivity index (χ4v) is 4.34. The van der Waals surface area contributed by atoms with Crippen molar-refractivity contribution < 1.29 is 9.53 Å². The second-order valence-electron chi connectivity index (χ2n) is 5.82. The summed E-state index contributed by atoms with van der Waals surface area (Å²) in [7, 11) is 1.76. The summed E-state index contributed by atoms with van der Waals surface area (Å²) in [6.07, 6.45) is 0.210. The Hall–Kier alpha value is -2.40. The summed E-state index contributed by atoms with van der Waals surface area (Å²) < 4.78 is 7.14. The highest BCUT2D eigenvalue weighted by atomic mass is 32.1. The number of ether oxygens (including phenoxy) is 1. The molecular formula is C18H15NO3S. The number of carbonyl (C=O) groups excluding carboxylic acids is 1. The number of carbonyl (C=O) groups is 1. The lowest BCUT2D eigenvalue weighted by atomic mass is 9.89. The van der Waals surface area contributed by atoms with E-state index in [-0.39, 0.29) is 23.9 Å². The largest absolute Gasteiger partial charge is 0.425 e. The zero-order valence-electron chi connectivity index (χ0n) is 12.8. The van der Waals surface area contributed by atoms with E-state index in [9.17, 15) is 9.59 Å². The van der Waals surface area contributed by atoms with E-state index < -0.39 is 0 Å². The van der Waals surface area contributed by atoms with Gasteiger partial charge in [-0.15, -0.1) is 11.3 Å². The fourth-order valence-electron chi connectivity index (χ4n) is 3.30. The topological polar surface area (TPSA) is 48.3 Å². The van der Waals surface area contributed by atoms with Gasteiger partial charge in [0, 0.05) is 23.2 Å². The van der Waals surface area contributed by atoms with Crippen LogP contribution < -0.4 is 10.3 Å². The third kappa shape index (κ3) is 2.04. The Morgan fingerprint density at radius 3 is 2.74 bits per heavy atom. The number of para-hydroxylation sites is 1. The highest BCUT2D eigenvalue weighted by Gasteiger charge is 2.34. The van der Waals surface area contributed by atoms with Crippen molar-refractivity contribution in [3.8, 4) is 5.75 Å². The number of fused-ring (bicyclic) bond motifs is 3. The number of thiophene rings is 1. The summed E-state index contributed by atoms with van der Waals surface area (Å²) in [5, 5.41) is 2.80. The molecule has 4 nitrogen and oxygen atoms in total. The minimum absolute atomic E-state index is 0.0935. The summed E-state index contributed by atoms with van der Waals surface area (Å²) in [5.41, 5.74) is 2.38. The van der Waals surface area contributed by atoms with Crippen molar-refractivity contribution in [1.29, 1.82) is 0 Å². The van der Waals surface area contributed by atoms with E-state index in [4.69, 9.17) is 4.74 Å². The highest BCUT2D eigenvalue weighted by Crippen LogP contribution is 2.42. The van der Waals surface area contributed by atoms with Crippen LogP contribution in [0.25, 0.3) is 10.9 Å². The molecule has 3 aromatic rings. The number of aryl methyl sites for hydroxylation is 2. The van der Waals surface area contributed by atoms with Gasteiger partial charge < -0.3 is 9.30 Å². The number of hydrogen-bond donors (Lipinski definition) is 0. The Morgan fingerprint density at radius 2 is 2.00 bits per heavy atom. The van der Waals surface area contributed by atoms with E-state index in [2.05, 4.69) is 0 Å². The Labute approximate surface area is 136 Å². The van der Waals surface area contributed by atoms with Crippen LogP contribution in [0.2, 0.25) is 0 Å². The molecule has 0 N–H and O–H groups in total. The summed E-state index contributed by atoms with van der Waals surface area (Å²) in [6.45, 7) is 2.01. The van der Waals surface area contributed by atoms with Crippen molar-refractivity contribution >= 4 is 28.2 Å². The van der Waals surface area contributed by atoms with Crippen LogP contribution >= 0.6 is 11.3 Å². The minimum atomic E-state index is -0.284. The molecule has 0 unspecified atom stereocenters. The monoisotopic (exact) mass is 325 g/mol. The van der Waals surface area contributed by atoms with Gasteiger partial charge in [0.2, 0.25) is 0 Å². The second-order valence-corrected chi connectivity index (χ2v) is 6.77. The Bertz CT molecular complexity index is 999. The van der Waals surface area contributed by atoms with Gasteiger partial charge in [-0.2, -0.15) is 0 Å². The van der Waals surface area contributed by atoms with Crippen LogP contribution in [0.3, 0.4) is 0 Å². The zero-order chi connectivity index (χ0) is 16.1. The molecule has 1 aliphatic heterocycles. The van der Waals surface area contributed by atoms with Crippen molar-refractivity contribution in [3.63, 3.8) is 0 Å². The van der Waals surface area contributed by atoms with E-state index in [0.29, 0.717) is 11.3 Å². The minimum Gasteiger partial charge on any atom is -0.425 e. The lowest BCUT2D eigenvalue weighted by molar-refractivity contribution is -0.135. The summed E-state index contributed by atoms with van der Waals surface area (Å²) in [5.74, 6) is -0.0824. The van der Waals surface area contributed by atoms with Gasteiger partial charge in [-0.3, -0.25) is 9.59 Å². The molecule has 116 valence electrons.